The van der Waals surface area contributed by atoms with Gasteiger partial charge in [-0.2, -0.15) is 0 Å². The standard InChI is InChI=1S/C18H29NO/c1-14(2)9-15-5-4-8-18(11-15)19-12-16-6-3-7-17(10-16)13-20/h3,6-7,10,14-15,18-20H,4-5,8-9,11-13H2,1-2H3. The summed E-state index contributed by atoms with van der Waals surface area (Å²) in [7, 11) is 0. The van der Waals surface area contributed by atoms with Crippen molar-refractivity contribution in [3.8, 4) is 0 Å². The molecule has 0 spiro atoms. The third-order valence-corrected chi connectivity index (χ3v) is 4.36. The first kappa shape index (κ1) is 15.5. The molecule has 1 saturated carbocycles. The van der Waals surface area contributed by atoms with Gasteiger partial charge in [0.05, 0.1) is 6.61 Å². The number of aliphatic hydroxyl groups excluding tert-OH is 1. The molecule has 2 heteroatoms. The minimum atomic E-state index is 0.133. The van der Waals surface area contributed by atoms with Crippen molar-refractivity contribution in [2.45, 2.75) is 65.1 Å². The summed E-state index contributed by atoms with van der Waals surface area (Å²) in [5, 5.41) is 12.9. The van der Waals surface area contributed by atoms with E-state index in [0.29, 0.717) is 6.04 Å². The van der Waals surface area contributed by atoms with E-state index in [1.54, 1.807) is 0 Å². The lowest BCUT2D eigenvalue weighted by Crippen LogP contribution is -2.34. The van der Waals surface area contributed by atoms with Crippen molar-refractivity contribution in [1.82, 2.24) is 5.32 Å². The second kappa shape index (κ2) is 7.80. The van der Waals surface area contributed by atoms with Gasteiger partial charge >= 0.3 is 0 Å². The molecule has 0 aromatic heterocycles. The first-order chi connectivity index (χ1) is 9.67. The fourth-order valence-corrected chi connectivity index (χ4v) is 3.46. The van der Waals surface area contributed by atoms with Crippen LogP contribution in [0, 0.1) is 11.8 Å². The van der Waals surface area contributed by atoms with Crippen LogP contribution in [-0.2, 0) is 13.2 Å². The van der Waals surface area contributed by atoms with Gasteiger partial charge in [-0.25, -0.2) is 0 Å². The van der Waals surface area contributed by atoms with E-state index in [2.05, 4.69) is 31.3 Å². The average molecular weight is 275 g/mol. The van der Waals surface area contributed by atoms with Crippen molar-refractivity contribution in [2.75, 3.05) is 0 Å². The highest BCUT2D eigenvalue weighted by molar-refractivity contribution is 5.22. The minimum absolute atomic E-state index is 0.133. The largest absolute Gasteiger partial charge is 0.392 e. The Bertz CT molecular complexity index is 402. The van der Waals surface area contributed by atoms with Gasteiger partial charge in [0.15, 0.2) is 0 Å². The quantitative estimate of drug-likeness (QED) is 0.826. The summed E-state index contributed by atoms with van der Waals surface area (Å²) in [4.78, 5) is 0. The summed E-state index contributed by atoms with van der Waals surface area (Å²) in [6.45, 7) is 5.72. The zero-order chi connectivity index (χ0) is 14.4. The van der Waals surface area contributed by atoms with Crippen LogP contribution in [0.5, 0.6) is 0 Å². The molecule has 1 aromatic carbocycles. The number of hydrogen-bond acceptors (Lipinski definition) is 2. The highest BCUT2D eigenvalue weighted by Gasteiger charge is 2.22. The third-order valence-electron chi connectivity index (χ3n) is 4.36. The Labute approximate surface area is 123 Å². The first-order valence-electron chi connectivity index (χ1n) is 8.09. The van der Waals surface area contributed by atoms with Gasteiger partial charge in [-0.1, -0.05) is 51.0 Å². The van der Waals surface area contributed by atoms with Crippen molar-refractivity contribution < 1.29 is 5.11 Å². The lowest BCUT2D eigenvalue weighted by molar-refractivity contribution is 0.252. The third kappa shape index (κ3) is 4.92. The fraction of sp³-hybridized carbons (Fsp3) is 0.667. The predicted molar refractivity (Wildman–Crippen MR) is 84.4 cm³/mol. The van der Waals surface area contributed by atoms with Gasteiger partial charge in [0, 0.05) is 12.6 Å². The van der Waals surface area contributed by atoms with Crippen LogP contribution in [0.25, 0.3) is 0 Å². The van der Waals surface area contributed by atoms with E-state index >= 15 is 0 Å². The molecule has 0 saturated heterocycles. The molecule has 0 amide bonds. The Morgan fingerprint density at radius 3 is 2.80 bits per heavy atom. The van der Waals surface area contributed by atoms with Gasteiger partial charge in [-0.05, 0) is 42.2 Å². The smallest absolute Gasteiger partial charge is 0.0681 e. The Balaban J connectivity index is 1.80. The second-order valence-electron chi connectivity index (χ2n) is 6.72. The summed E-state index contributed by atoms with van der Waals surface area (Å²) >= 11 is 0. The molecular formula is C18H29NO. The summed E-state index contributed by atoms with van der Waals surface area (Å²) in [6, 6.07) is 8.92. The Hall–Kier alpha value is -0.860. The average Bonchev–Trinajstić information content (AvgIpc) is 2.45. The zero-order valence-electron chi connectivity index (χ0n) is 12.9. The maximum absolute atomic E-state index is 9.18. The molecule has 2 unspecified atom stereocenters. The summed E-state index contributed by atoms with van der Waals surface area (Å²) in [5.74, 6) is 1.73. The van der Waals surface area contributed by atoms with Gasteiger partial charge in [0.1, 0.15) is 0 Å². The van der Waals surface area contributed by atoms with Gasteiger partial charge < -0.3 is 10.4 Å². The Kier molecular flexibility index (Phi) is 6.06. The van der Waals surface area contributed by atoms with Gasteiger partial charge in [-0.15, -0.1) is 0 Å². The van der Waals surface area contributed by atoms with Crippen LogP contribution >= 0.6 is 0 Å². The number of rotatable bonds is 6. The molecule has 1 aliphatic rings. The topological polar surface area (TPSA) is 32.3 Å². The van der Waals surface area contributed by atoms with E-state index in [9.17, 15) is 5.11 Å². The fourth-order valence-electron chi connectivity index (χ4n) is 3.46. The molecular weight excluding hydrogens is 246 g/mol. The Morgan fingerprint density at radius 1 is 1.25 bits per heavy atom. The SMILES string of the molecule is CC(C)CC1CCCC(NCc2cccc(CO)c2)C1. The monoisotopic (exact) mass is 275 g/mol. The van der Waals surface area contributed by atoms with Crippen LogP contribution in [0.2, 0.25) is 0 Å². The van der Waals surface area contributed by atoms with E-state index in [4.69, 9.17) is 0 Å². The second-order valence-corrected chi connectivity index (χ2v) is 6.72. The lowest BCUT2D eigenvalue weighted by Gasteiger charge is -2.31. The van der Waals surface area contributed by atoms with E-state index in [1.807, 2.05) is 12.1 Å². The van der Waals surface area contributed by atoms with Crippen LogP contribution in [-0.4, -0.2) is 11.1 Å². The van der Waals surface area contributed by atoms with Crippen molar-refractivity contribution >= 4 is 0 Å². The molecule has 1 aliphatic carbocycles. The van der Waals surface area contributed by atoms with Crippen molar-refractivity contribution in [1.29, 1.82) is 0 Å². The summed E-state index contributed by atoms with van der Waals surface area (Å²) < 4.78 is 0. The molecule has 1 aromatic rings. The van der Waals surface area contributed by atoms with Crippen molar-refractivity contribution in [3.63, 3.8) is 0 Å². The molecule has 112 valence electrons. The molecule has 0 heterocycles. The molecule has 0 aliphatic heterocycles. The van der Waals surface area contributed by atoms with Crippen LogP contribution in [0.4, 0.5) is 0 Å². The van der Waals surface area contributed by atoms with Gasteiger partial charge in [-0.3, -0.25) is 0 Å². The molecule has 2 atom stereocenters. The molecule has 2 N–H and O–H groups in total. The minimum Gasteiger partial charge on any atom is -0.392 e. The highest BCUT2D eigenvalue weighted by atomic mass is 16.3. The van der Waals surface area contributed by atoms with E-state index in [1.165, 1.54) is 37.7 Å². The number of nitrogens with one attached hydrogen (secondary N) is 1. The molecule has 2 rings (SSSR count). The predicted octanol–water partition coefficient (Wildman–Crippen LogP) is 3.87. The normalized spacial score (nSPS) is 23.2. The Morgan fingerprint density at radius 2 is 2.05 bits per heavy atom. The number of benzene rings is 1. The van der Waals surface area contributed by atoms with Crippen molar-refractivity contribution in [3.05, 3.63) is 35.4 Å². The van der Waals surface area contributed by atoms with Crippen molar-refractivity contribution in [2.24, 2.45) is 11.8 Å². The van der Waals surface area contributed by atoms with Crippen LogP contribution in [0.3, 0.4) is 0 Å². The van der Waals surface area contributed by atoms with E-state index in [-0.39, 0.29) is 6.61 Å². The maximum atomic E-state index is 9.18. The number of hydrogen-bond donors (Lipinski definition) is 2. The molecule has 0 bridgehead atoms. The van der Waals surface area contributed by atoms with Crippen LogP contribution < -0.4 is 5.32 Å². The molecule has 2 nitrogen and oxygen atoms in total. The molecule has 20 heavy (non-hydrogen) atoms. The molecule has 0 radical (unpaired) electrons. The number of aliphatic hydroxyl groups is 1. The summed E-state index contributed by atoms with van der Waals surface area (Å²) in [6.07, 6.45) is 6.80. The van der Waals surface area contributed by atoms with Crippen LogP contribution in [0.15, 0.2) is 24.3 Å². The van der Waals surface area contributed by atoms with E-state index < -0.39 is 0 Å². The summed E-state index contributed by atoms with van der Waals surface area (Å²) in [5.41, 5.74) is 2.29. The van der Waals surface area contributed by atoms with Gasteiger partial charge in [0.25, 0.3) is 0 Å². The van der Waals surface area contributed by atoms with Crippen LogP contribution in [0.1, 0.15) is 57.1 Å². The highest BCUT2D eigenvalue weighted by Crippen LogP contribution is 2.29. The zero-order valence-corrected chi connectivity index (χ0v) is 12.9. The first-order valence-corrected chi connectivity index (χ1v) is 8.09. The molecule has 1 fully saturated rings. The van der Waals surface area contributed by atoms with Gasteiger partial charge in [0.2, 0.25) is 0 Å². The lowest BCUT2D eigenvalue weighted by atomic mass is 9.81. The maximum Gasteiger partial charge on any atom is 0.0681 e. The van der Waals surface area contributed by atoms with E-state index in [0.717, 1.165) is 23.9 Å².